The topological polar surface area (TPSA) is 78.9 Å². The fourth-order valence-electron chi connectivity index (χ4n) is 11.5. The molecule has 274 valence electrons. The van der Waals surface area contributed by atoms with E-state index in [9.17, 15) is 14.4 Å². The van der Waals surface area contributed by atoms with Gasteiger partial charge in [-0.05, 0) is 154 Å². The fourth-order valence-corrected chi connectivity index (χ4v) is 11.5. The number of hydrogen-bond acceptors (Lipinski definition) is 6. The van der Waals surface area contributed by atoms with Crippen molar-refractivity contribution in [1.29, 1.82) is 0 Å². The smallest absolute Gasteiger partial charge is 0.316 e. The van der Waals surface area contributed by atoms with Crippen molar-refractivity contribution < 1.29 is 28.6 Å². The minimum atomic E-state index is -1.13. The average molecular weight is 695 g/mol. The fraction of sp³-hybridized carbons (Fsp3) is 0.622. The molecular weight excluding hydrogens is 636 g/mol. The lowest BCUT2D eigenvalue weighted by atomic mass is 9.54. The lowest BCUT2D eigenvalue weighted by molar-refractivity contribution is -0.175. The Morgan fingerprint density at radius 3 is 2.10 bits per heavy atom. The average Bonchev–Trinajstić information content (AvgIpc) is 3.59. The van der Waals surface area contributed by atoms with E-state index in [2.05, 4.69) is 24.3 Å². The maximum absolute atomic E-state index is 14.7. The van der Waals surface area contributed by atoms with Crippen molar-refractivity contribution >= 4 is 39.5 Å². The van der Waals surface area contributed by atoms with Crippen molar-refractivity contribution in [2.45, 2.75) is 119 Å². The van der Waals surface area contributed by atoms with Gasteiger partial charge in [0.2, 0.25) is 0 Å². The Morgan fingerprint density at radius 1 is 0.745 bits per heavy atom. The second-order valence-electron chi connectivity index (χ2n) is 18.9. The van der Waals surface area contributed by atoms with Gasteiger partial charge < -0.3 is 14.2 Å². The summed E-state index contributed by atoms with van der Waals surface area (Å²) >= 11 is 0. The van der Waals surface area contributed by atoms with Gasteiger partial charge in [-0.25, -0.2) is 0 Å². The van der Waals surface area contributed by atoms with Gasteiger partial charge in [-0.15, -0.1) is 0 Å². The first kappa shape index (κ1) is 36.0. The molecule has 0 amide bonds. The van der Waals surface area contributed by atoms with Crippen LogP contribution >= 0.6 is 0 Å². The van der Waals surface area contributed by atoms with E-state index in [1.807, 2.05) is 78.8 Å². The highest BCUT2D eigenvalue weighted by Crippen LogP contribution is 2.70. The molecule has 4 fully saturated rings. The van der Waals surface area contributed by atoms with Crippen molar-refractivity contribution in [3.05, 3.63) is 54.6 Å². The van der Waals surface area contributed by atoms with E-state index in [1.54, 1.807) is 0 Å². The van der Waals surface area contributed by atoms with Gasteiger partial charge in [0.15, 0.2) is 0 Å². The van der Waals surface area contributed by atoms with Crippen molar-refractivity contribution in [1.82, 2.24) is 0 Å². The maximum Gasteiger partial charge on any atom is 0.316 e. The Balaban J connectivity index is 1.12. The minimum Gasteiger partial charge on any atom is -0.465 e. The molecule has 4 aliphatic carbocycles. The minimum absolute atomic E-state index is 0.102. The second kappa shape index (κ2) is 13.2. The van der Waals surface area contributed by atoms with Crippen LogP contribution in [0.3, 0.4) is 0 Å². The largest absolute Gasteiger partial charge is 0.465 e. The molecule has 1 spiro atoms. The van der Waals surface area contributed by atoms with Gasteiger partial charge in [0.1, 0.15) is 11.9 Å². The van der Waals surface area contributed by atoms with Gasteiger partial charge in [-0.1, -0.05) is 69.9 Å². The first-order valence-electron chi connectivity index (χ1n) is 19.6. The number of fused-ring (bicyclic) bond motifs is 4. The zero-order chi connectivity index (χ0) is 36.3. The van der Waals surface area contributed by atoms with Crippen LogP contribution in [-0.4, -0.2) is 30.6 Å². The lowest BCUT2D eigenvalue weighted by Crippen LogP contribution is -2.48. The number of esters is 3. The third-order valence-corrected chi connectivity index (χ3v) is 13.3. The van der Waals surface area contributed by atoms with Gasteiger partial charge in [0.25, 0.3) is 0 Å². The van der Waals surface area contributed by atoms with Crippen molar-refractivity contribution in [2.75, 3.05) is 6.61 Å². The Hall–Kier alpha value is -3.41. The molecule has 2 bridgehead atoms. The van der Waals surface area contributed by atoms with Crippen molar-refractivity contribution in [3.8, 4) is 5.75 Å². The molecule has 0 aliphatic heterocycles. The van der Waals surface area contributed by atoms with E-state index in [-0.39, 0.29) is 36.8 Å². The highest BCUT2D eigenvalue weighted by atomic mass is 16.6. The molecule has 0 N–H and O–H groups in total. The summed E-state index contributed by atoms with van der Waals surface area (Å²) in [5.74, 6) is 2.30. The maximum atomic E-state index is 14.7. The Bertz CT molecular complexity index is 1820. The summed E-state index contributed by atoms with van der Waals surface area (Å²) in [5, 5.41) is 4.33. The molecule has 6 nitrogen and oxygen atoms in total. The van der Waals surface area contributed by atoms with E-state index in [0.29, 0.717) is 29.6 Å². The van der Waals surface area contributed by atoms with Crippen LogP contribution in [0.1, 0.15) is 113 Å². The molecule has 0 heterocycles. The molecule has 6 heteroatoms. The first-order chi connectivity index (χ1) is 24.1. The highest BCUT2D eigenvalue weighted by molar-refractivity contribution is 5.99. The number of hydrogen-bond donors (Lipinski definition) is 0. The number of benzene rings is 3. The second-order valence-corrected chi connectivity index (χ2v) is 18.9. The molecule has 7 unspecified atom stereocenters. The summed E-state index contributed by atoms with van der Waals surface area (Å²) in [6.45, 7) is 13.6. The molecular formula is C45H58O6. The Kier molecular flexibility index (Phi) is 9.32. The van der Waals surface area contributed by atoms with E-state index in [4.69, 9.17) is 14.2 Å². The van der Waals surface area contributed by atoms with Crippen LogP contribution in [0.25, 0.3) is 21.5 Å². The molecule has 0 radical (unpaired) electrons. The number of carbonyl (C=O) groups excluding carboxylic acids is 3. The molecule has 7 atom stereocenters. The van der Waals surface area contributed by atoms with Crippen LogP contribution in [0.4, 0.5) is 0 Å². The summed E-state index contributed by atoms with van der Waals surface area (Å²) in [6.07, 6.45) is 10.2. The zero-order valence-corrected chi connectivity index (χ0v) is 31.9. The molecule has 7 rings (SSSR count). The normalized spacial score (nSPS) is 28.4. The highest BCUT2D eigenvalue weighted by Gasteiger charge is 2.66. The van der Waals surface area contributed by atoms with Crippen LogP contribution in [0.2, 0.25) is 0 Å². The van der Waals surface area contributed by atoms with Crippen LogP contribution in [-0.2, 0) is 23.9 Å². The molecule has 51 heavy (non-hydrogen) atoms. The molecule has 3 aromatic rings. The predicted molar refractivity (Wildman–Crippen MR) is 201 cm³/mol. The van der Waals surface area contributed by atoms with Crippen molar-refractivity contribution in [2.24, 2.45) is 51.2 Å². The predicted octanol–water partition coefficient (Wildman–Crippen LogP) is 10.5. The van der Waals surface area contributed by atoms with Crippen LogP contribution in [0.15, 0.2) is 54.6 Å². The number of rotatable bonds is 11. The molecule has 4 aliphatic rings. The van der Waals surface area contributed by atoms with Gasteiger partial charge >= 0.3 is 17.9 Å². The quantitative estimate of drug-likeness (QED) is 0.113. The molecule has 3 aromatic carbocycles. The number of ether oxygens (including phenoxy) is 3. The summed E-state index contributed by atoms with van der Waals surface area (Å²) in [5.41, 5.74) is -2.84. The SMILES string of the molecule is CC(C)COC(=O)C(C)(C)CC(C)(CC(C)(C)C(=O)Oc1ccc2cc3ccccc3cc2c1)C(=O)OC1CC23CCCC4CCCC(C1C2)C43. The van der Waals surface area contributed by atoms with Crippen LogP contribution in [0, 0.1) is 51.2 Å². The van der Waals surface area contributed by atoms with Crippen LogP contribution < -0.4 is 4.74 Å². The monoisotopic (exact) mass is 694 g/mol. The van der Waals surface area contributed by atoms with Gasteiger partial charge in [0, 0.05) is 0 Å². The summed E-state index contributed by atoms with van der Waals surface area (Å²) in [6, 6.07) is 18.2. The third-order valence-electron chi connectivity index (χ3n) is 13.3. The summed E-state index contributed by atoms with van der Waals surface area (Å²) < 4.78 is 18.4. The van der Waals surface area contributed by atoms with E-state index in [1.165, 1.54) is 44.9 Å². The van der Waals surface area contributed by atoms with Crippen molar-refractivity contribution in [3.63, 3.8) is 0 Å². The van der Waals surface area contributed by atoms with E-state index < -0.39 is 22.2 Å². The Morgan fingerprint density at radius 2 is 1.39 bits per heavy atom. The summed E-state index contributed by atoms with van der Waals surface area (Å²) in [7, 11) is 0. The van der Waals surface area contributed by atoms with Gasteiger partial charge in [0.05, 0.1) is 22.9 Å². The standard InChI is InChI=1S/C45H58O6/c1-28(2)25-49-39(46)42(3,4)26-44(7,41(48)51-37-24-45-19-11-15-29-14-10-16-35(38(29)45)36(37)23-45)27-43(5,6)40(47)50-34-18-17-32-20-30-12-8-9-13-31(30)21-33(32)22-34/h8-9,12-13,17-18,20-22,28-29,35-38H,10-11,14-16,19,23-27H2,1-7H3. The van der Waals surface area contributed by atoms with E-state index >= 15 is 0 Å². The Labute approximate surface area is 304 Å². The molecule has 4 saturated carbocycles. The third kappa shape index (κ3) is 6.81. The lowest BCUT2D eigenvalue weighted by Gasteiger charge is -2.52. The number of carbonyl (C=O) groups is 3. The first-order valence-corrected chi connectivity index (χ1v) is 19.6. The zero-order valence-electron chi connectivity index (χ0n) is 31.9. The van der Waals surface area contributed by atoms with Gasteiger partial charge in [-0.3, -0.25) is 14.4 Å². The molecule has 0 saturated heterocycles. The van der Waals surface area contributed by atoms with Gasteiger partial charge in [-0.2, -0.15) is 0 Å². The van der Waals surface area contributed by atoms with Crippen LogP contribution in [0.5, 0.6) is 5.75 Å². The summed E-state index contributed by atoms with van der Waals surface area (Å²) in [4.78, 5) is 42.2. The van der Waals surface area contributed by atoms with E-state index in [0.717, 1.165) is 39.8 Å². The molecule has 0 aromatic heterocycles.